The summed E-state index contributed by atoms with van der Waals surface area (Å²) in [5, 5.41) is 8.51. The number of carboxylic acid groups (broad SMARTS) is 1. The highest BCUT2D eigenvalue weighted by Gasteiger charge is 1.96. The van der Waals surface area contributed by atoms with Gasteiger partial charge in [-0.25, -0.2) is 0 Å². The van der Waals surface area contributed by atoms with E-state index in [9.17, 15) is 9.59 Å². The van der Waals surface area contributed by atoms with Gasteiger partial charge in [-0.05, 0) is 64.2 Å². The first-order valence-electron chi connectivity index (χ1n) is 17.1. The topological polar surface area (TPSA) is 54.4 Å². The maximum absolute atomic E-state index is 10.3. The van der Waals surface area contributed by atoms with Gasteiger partial charge in [0.15, 0.2) is 0 Å². The molecule has 0 heterocycles. The third-order valence-corrected chi connectivity index (χ3v) is 7.24. The molecule has 3 nitrogen and oxygen atoms in total. The fourth-order valence-electron chi connectivity index (χ4n) is 4.65. The second-order valence-electron chi connectivity index (χ2n) is 11.3. The lowest BCUT2D eigenvalue weighted by Gasteiger charge is -1.99. The van der Waals surface area contributed by atoms with Gasteiger partial charge in [0.05, 0.1) is 0 Å². The molecule has 0 saturated heterocycles. The van der Waals surface area contributed by atoms with Gasteiger partial charge < -0.3 is 9.90 Å². The summed E-state index contributed by atoms with van der Waals surface area (Å²) in [6.45, 7) is 4.53. The summed E-state index contributed by atoms with van der Waals surface area (Å²) in [5.41, 5.74) is 0. The normalized spacial score (nSPS) is 11.2. The lowest BCUT2D eigenvalue weighted by Crippen LogP contribution is -1.93. The van der Waals surface area contributed by atoms with E-state index >= 15 is 0 Å². The first-order valence-corrected chi connectivity index (χ1v) is 17.1. The first kappa shape index (κ1) is 39.8. The molecule has 0 aliphatic rings. The summed E-state index contributed by atoms with van der Waals surface area (Å²) >= 11 is 0. The minimum atomic E-state index is -0.664. The van der Waals surface area contributed by atoms with Gasteiger partial charge >= 0.3 is 5.97 Å². The predicted octanol–water partition coefficient (Wildman–Crippen LogP) is 12.3. The van der Waals surface area contributed by atoms with Gasteiger partial charge in [-0.15, -0.1) is 0 Å². The number of unbranched alkanes of at least 4 members (excludes halogenated alkanes) is 23. The van der Waals surface area contributed by atoms with Crippen molar-refractivity contribution in [2.24, 2.45) is 0 Å². The first-order chi connectivity index (χ1) is 19.2. The van der Waals surface area contributed by atoms with Gasteiger partial charge in [0.1, 0.15) is 6.29 Å². The van der Waals surface area contributed by atoms with E-state index in [-0.39, 0.29) is 0 Å². The number of carbonyl (C=O) groups is 2. The maximum atomic E-state index is 10.3. The lowest BCUT2D eigenvalue weighted by atomic mass is 10.1. The largest absolute Gasteiger partial charge is 0.481 e. The molecule has 0 spiro atoms. The highest BCUT2D eigenvalue weighted by molar-refractivity contribution is 5.66. The van der Waals surface area contributed by atoms with Gasteiger partial charge in [-0.2, -0.15) is 0 Å². The highest BCUT2D eigenvalue weighted by atomic mass is 16.4. The molecule has 0 radical (unpaired) electrons. The van der Waals surface area contributed by atoms with Crippen LogP contribution in [-0.2, 0) is 9.59 Å². The van der Waals surface area contributed by atoms with Crippen molar-refractivity contribution < 1.29 is 14.7 Å². The zero-order chi connectivity index (χ0) is 28.9. The Morgan fingerprint density at radius 2 is 0.718 bits per heavy atom. The van der Waals surface area contributed by atoms with E-state index in [1.807, 2.05) is 0 Å². The van der Waals surface area contributed by atoms with Crippen LogP contribution in [0.1, 0.15) is 194 Å². The Hall–Kier alpha value is -1.38. The summed E-state index contributed by atoms with van der Waals surface area (Å²) in [4.78, 5) is 20.5. The van der Waals surface area contributed by atoms with Crippen molar-refractivity contribution in [2.45, 2.75) is 194 Å². The molecule has 39 heavy (non-hydrogen) atoms. The number of allylic oxidation sites excluding steroid dienone is 4. The zero-order valence-electron chi connectivity index (χ0n) is 26.4. The van der Waals surface area contributed by atoms with Crippen LogP contribution in [-0.4, -0.2) is 17.4 Å². The Kier molecular flexibility index (Phi) is 39.5. The van der Waals surface area contributed by atoms with Gasteiger partial charge in [-0.1, -0.05) is 141 Å². The van der Waals surface area contributed by atoms with E-state index in [1.165, 1.54) is 148 Å². The number of aliphatic carboxylic acids is 1. The van der Waals surface area contributed by atoms with Gasteiger partial charge in [-0.3, -0.25) is 4.79 Å². The second-order valence-corrected chi connectivity index (χ2v) is 11.3. The van der Waals surface area contributed by atoms with Crippen LogP contribution in [0.4, 0.5) is 0 Å². The summed E-state index contributed by atoms with van der Waals surface area (Å²) in [7, 11) is 0. The zero-order valence-corrected chi connectivity index (χ0v) is 26.4. The van der Waals surface area contributed by atoms with Gasteiger partial charge in [0, 0.05) is 12.8 Å². The number of hydrogen-bond acceptors (Lipinski definition) is 2. The average Bonchev–Trinajstić information content (AvgIpc) is 2.93. The molecule has 0 aromatic carbocycles. The van der Waals surface area contributed by atoms with Crippen LogP contribution in [0.2, 0.25) is 0 Å². The van der Waals surface area contributed by atoms with Crippen molar-refractivity contribution in [3.63, 3.8) is 0 Å². The third kappa shape index (κ3) is 43.9. The number of carbonyl (C=O) groups excluding carboxylic acids is 1. The van der Waals surface area contributed by atoms with Gasteiger partial charge in [0.25, 0.3) is 0 Å². The van der Waals surface area contributed by atoms with Crippen LogP contribution >= 0.6 is 0 Å². The van der Waals surface area contributed by atoms with Crippen molar-refractivity contribution in [3.8, 4) is 0 Å². The van der Waals surface area contributed by atoms with E-state index in [2.05, 4.69) is 38.2 Å². The van der Waals surface area contributed by atoms with Crippen LogP contribution in [0.5, 0.6) is 0 Å². The van der Waals surface area contributed by atoms with Crippen molar-refractivity contribution in [3.05, 3.63) is 24.3 Å². The van der Waals surface area contributed by atoms with E-state index in [4.69, 9.17) is 5.11 Å². The molecule has 0 unspecified atom stereocenters. The summed E-state index contributed by atoms with van der Waals surface area (Å²) in [6, 6.07) is 0. The lowest BCUT2D eigenvalue weighted by molar-refractivity contribution is -0.137. The minimum Gasteiger partial charge on any atom is -0.481 e. The van der Waals surface area contributed by atoms with Gasteiger partial charge in [0.2, 0.25) is 0 Å². The van der Waals surface area contributed by atoms with Crippen LogP contribution < -0.4 is 0 Å². The average molecular weight is 549 g/mol. The quantitative estimate of drug-likeness (QED) is 0.0551. The number of hydrogen-bond donors (Lipinski definition) is 1. The summed E-state index contributed by atoms with van der Waals surface area (Å²) in [6.07, 6.45) is 44.8. The molecule has 0 fully saturated rings. The molecular formula is C36H68O3. The minimum absolute atomic E-state index is 0.332. The van der Waals surface area contributed by atoms with Crippen LogP contribution in [0.25, 0.3) is 0 Å². The molecule has 0 aromatic rings. The van der Waals surface area contributed by atoms with Crippen LogP contribution in [0.15, 0.2) is 24.3 Å². The summed E-state index contributed by atoms with van der Waals surface area (Å²) < 4.78 is 0. The molecule has 0 aliphatic heterocycles. The summed E-state index contributed by atoms with van der Waals surface area (Å²) in [5.74, 6) is -0.664. The number of aldehydes is 1. The standard InChI is InChI=1S/C18H34O2.C18H34O/c1-2-3-4-5-6-7-8-9-10-11-12-13-14-15-16-17-18(19)20;1-2-3-4-5-6-7-8-9-10-11-12-13-14-15-16-17-18-19/h9-10H,2-8,11-17H2,1H3,(H,19,20);9-10,18H,2-8,11-17H2,1H3. The molecule has 0 aromatic heterocycles. The molecule has 0 saturated carbocycles. The third-order valence-electron chi connectivity index (χ3n) is 7.24. The van der Waals surface area contributed by atoms with Crippen LogP contribution in [0, 0.1) is 0 Å². The van der Waals surface area contributed by atoms with E-state index in [0.717, 1.165) is 32.0 Å². The molecule has 1 N–H and O–H groups in total. The van der Waals surface area contributed by atoms with Crippen molar-refractivity contribution in [2.75, 3.05) is 0 Å². The molecule has 0 amide bonds. The fraction of sp³-hybridized carbons (Fsp3) is 0.833. The SMILES string of the molecule is CCCCCCCCC=CCCCCCCCC(=O)O.CCCCCCCCC=CCCCCCCCC=O. The molecule has 0 aliphatic carbocycles. The number of carboxylic acids is 1. The van der Waals surface area contributed by atoms with E-state index < -0.39 is 5.97 Å². The Labute approximate surface area is 244 Å². The maximum Gasteiger partial charge on any atom is 0.303 e. The van der Waals surface area contributed by atoms with E-state index in [1.54, 1.807) is 0 Å². The molecule has 3 heteroatoms. The molecule has 0 bridgehead atoms. The predicted molar refractivity (Wildman–Crippen MR) is 173 cm³/mol. The second kappa shape index (κ2) is 38.8. The number of rotatable bonds is 30. The van der Waals surface area contributed by atoms with Crippen molar-refractivity contribution >= 4 is 12.3 Å². The Balaban J connectivity index is 0. The molecule has 0 rings (SSSR count). The van der Waals surface area contributed by atoms with Crippen molar-refractivity contribution in [1.29, 1.82) is 0 Å². The van der Waals surface area contributed by atoms with Crippen LogP contribution in [0.3, 0.4) is 0 Å². The Bertz CT molecular complexity index is 523. The Morgan fingerprint density at radius 1 is 0.436 bits per heavy atom. The highest BCUT2D eigenvalue weighted by Crippen LogP contribution is 2.11. The molecule has 0 atom stereocenters. The molecular weight excluding hydrogens is 480 g/mol. The fourth-order valence-corrected chi connectivity index (χ4v) is 4.65. The molecule has 230 valence electrons. The van der Waals surface area contributed by atoms with E-state index in [0.29, 0.717) is 6.42 Å². The van der Waals surface area contributed by atoms with Crippen molar-refractivity contribution in [1.82, 2.24) is 0 Å². The smallest absolute Gasteiger partial charge is 0.303 e. The monoisotopic (exact) mass is 549 g/mol. The Morgan fingerprint density at radius 3 is 1.03 bits per heavy atom.